The number of nitrogens with zero attached hydrogens (tertiary/aromatic N) is 2. The Morgan fingerprint density at radius 1 is 1.26 bits per heavy atom. The van der Waals surface area contributed by atoms with Crippen LogP contribution in [0.15, 0.2) is 10.4 Å². The summed E-state index contributed by atoms with van der Waals surface area (Å²) in [6.07, 6.45) is 4.70. The van der Waals surface area contributed by atoms with Gasteiger partial charge in [-0.15, -0.1) is 11.3 Å². The molecule has 0 bridgehead atoms. The molecule has 0 amide bonds. The van der Waals surface area contributed by atoms with Gasteiger partial charge in [-0.2, -0.15) is 0 Å². The number of hydrogen-bond donors (Lipinski definition) is 2. The van der Waals surface area contributed by atoms with Crippen molar-refractivity contribution in [3.8, 4) is 0 Å². The van der Waals surface area contributed by atoms with Gasteiger partial charge in [0.25, 0.3) is 0 Å². The van der Waals surface area contributed by atoms with Gasteiger partial charge in [-0.1, -0.05) is 26.7 Å². The highest BCUT2D eigenvalue weighted by molar-refractivity contribution is 7.09. The van der Waals surface area contributed by atoms with Crippen LogP contribution in [0.2, 0.25) is 0 Å². The molecule has 108 valence electrons. The van der Waals surface area contributed by atoms with Gasteiger partial charge in [0.1, 0.15) is 0 Å². The Kier molecular flexibility index (Phi) is 8.21. The second-order valence-electron chi connectivity index (χ2n) is 4.42. The number of rotatable bonds is 8. The number of aryl methyl sites for hydroxylation is 1. The average Bonchev–Trinajstić information content (AvgIpc) is 2.88. The molecule has 1 rings (SSSR count). The van der Waals surface area contributed by atoms with Crippen LogP contribution in [-0.4, -0.2) is 24.0 Å². The van der Waals surface area contributed by atoms with Crippen molar-refractivity contribution in [1.29, 1.82) is 0 Å². The molecule has 0 fully saturated rings. The number of hydrogen-bond acceptors (Lipinski definition) is 3. The maximum absolute atomic E-state index is 4.57. The molecule has 2 N–H and O–H groups in total. The predicted molar refractivity (Wildman–Crippen MR) is 83.8 cm³/mol. The molecule has 0 aliphatic heterocycles. The lowest BCUT2D eigenvalue weighted by atomic mass is 10.2. The third-order valence-corrected chi connectivity index (χ3v) is 3.76. The Balaban J connectivity index is 2.42. The minimum Gasteiger partial charge on any atom is -0.357 e. The van der Waals surface area contributed by atoms with Crippen LogP contribution in [-0.2, 0) is 13.0 Å². The standard InChI is InChI=1S/C14H26N4S/c1-4-7-8-9-16-14(15-6-3)17-10-12-11-19-13(5-2)18-12/h11H,4-10H2,1-3H3,(H2,15,16,17). The zero-order valence-electron chi connectivity index (χ0n) is 12.3. The van der Waals surface area contributed by atoms with E-state index >= 15 is 0 Å². The van der Waals surface area contributed by atoms with E-state index in [-0.39, 0.29) is 0 Å². The smallest absolute Gasteiger partial charge is 0.191 e. The van der Waals surface area contributed by atoms with Gasteiger partial charge in [0.15, 0.2) is 5.96 Å². The average molecular weight is 282 g/mol. The van der Waals surface area contributed by atoms with Crippen LogP contribution in [0.5, 0.6) is 0 Å². The summed E-state index contributed by atoms with van der Waals surface area (Å²) in [6.45, 7) is 8.95. The van der Waals surface area contributed by atoms with E-state index in [9.17, 15) is 0 Å². The third-order valence-electron chi connectivity index (χ3n) is 2.72. The molecule has 1 aromatic heterocycles. The highest BCUT2D eigenvalue weighted by Gasteiger charge is 2.01. The van der Waals surface area contributed by atoms with E-state index in [0.29, 0.717) is 6.54 Å². The molecule has 4 nitrogen and oxygen atoms in total. The molecule has 1 aromatic rings. The third kappa shape index (κ3) is 6.57. The Bertz CT molecular complexity index is 373. The second kappa shape index (κ2) is 9.78. The largest absolute Gasteiger partial charge is 0.357 e. The molecular weight excluding hydrogens is 256 g/mol. The molecular formula is C14H26N4S. The van der Waals surface area contributed by atoms with Crippen LogP contribution < -0.4 is 10.6 Å². The van der Waals surface area contributed by atoms with Crippen LogP contribution >= 0.6 is 11.3 Å². The predicted octanol–water partition coefficient (Wildman–Crippen LogP) is 2.95. The molecule has 0 radical (unpaired) electrons. The minimum absolute atomic E-state index is 0.652. The Morgan fingerprint density at radius 2 is 2.11 bits per heavy atom. The maximum Gasteiger partial charge on any atom is 0.191 e. The van der Waals surface area contributed by atoms with Gasteiger partial charge in [0.2, 0.25) is 0 Å². The Morgan fingerprint density at radius 3 is 2.74 bits per heavy atom. The number of nitrogens with one attached hydrogen (secondary N) is 2. The van der Waals surface area contributed by atoms with Crippen LogP contribution in [0.4, 0.5) is 0 Å². The Labute approximate surface area is 120 Å². The summed E-state index contributed by atoms with van der Waals surface area (Å²) in [5.41, 5.74) is 1.06. The SMILES string of the molecule is CCCCCNC(=NCc1csc(CC)n1)NCC. The quantitative estimate of drug-likeness (QED) is 0.438. The van der Waals surface area contributed by atoms with Gasteiger partial charge < -0.3 is 10.6 Å². The summed E-state index contributed by atoms with van der Waals surface area (Å²) >= 11 is 1.72. The first-order valence-corrected chi connectivity index (χ1v) is 8.13. The van der Waals surface area contributed by atoms with E-state index in [0.717, 1.165) is 31.2 Å². The molecule has 0 spiro atoms. The van der Waals surface area contributed by atoms with Crippen LogP contribution in [0.25, 0.3) is 0 Å². The normalized spacial score (nSPS) is 11.6. The number of thiazole rings is 1. The van der Waals surface area contributed by atoms with E-state index < -0.39 is 0 Å². The van der Waals surface area contributed by atoms with Crippen molar-refractivity contribution in [3.05, 3.63) is 16.1 Å². The second-order valence-corrected chi connectivity index (χ2v) is 5.36. The molecule has 19 heavy (non-hydrogen) atoms. The molecule has 5 heteroatoms. The van der Waals surface area contributed by atoms with Gasteiger partial charge in [-0.05, 0) is 19.8 Å². The topological polar surface area (TPSA) is 49.3 Å². The first kappa shape index (κ1) is 16.0. The molecule has 0 saturated heterocycles. The fourth-order valence-electron chi connectivity index (χ4n) is 1.67. The maximum atomic E-state index is 4.57. The van der Waals surface area contributed by atoms with Crippen LogP contribution in [0, 0.1) is 0 Å². The zero-order chi connectivity index (χ0) is 13.9. The summed E-state index contributed by atoms with van der Waals surface area (Å²) in [7, 11) is 0. The molecule has 0 aromatic carbocycles. The minimum atomic E-state index is 0.652. The van der Waals surface area contributed by atoms with Gasteiger partial charge in [-0.3, -0.25) is 0 Å². The first-order chi connectivity index (χ1) is 9.30. The Hall–Kier alpha value is -1.10. The van der Waals surface area contributed by atoms with Crippen LogP contribution in [0.3, 0.4) is 0 Å². The van der Waals surface area contributed by atoms with Crippen molar-refractivity contribution in [2.75, 3.05) is 13.1 Å². The summed E-state index contributed by atoms with van der Waals surface area (Å²) in [5, 5.41) is 9.91. The van der Waals surface area contributed by atoms with Crippen molar-refractivity contribution in [2.45, 2.75) is 53.0 Å². The molecule has 0 aliphatic rings. The number of aliphatic imine (C=N–C) groups is 1. The summed E-state index contributed by atoms with van der Waals surface area (Å²) in [5.74, 6) is 0.893. The summed E-state index contributed by atoms with van der Waals surface area (Å²) < 4.78 is 0. The molecule has 0 saturated carbocycles. The number of aromatic nitrogens is 1. The van der Waals surface area contributed by atoms with Crippen molar-refractivity contribution in [3.63, 3.8) is 0 Å². The van der Waals surface area contributed by atoms with Crippen molar-refractivity contribution in [2.24, 2.45) is 4.99 Å². The lowest BCUT2D eigenvalue weighted by Crippen LogP contribution is -2.37. The lowest BCUT2D eigenvalue weighted by molar-refractivity contribution is 0.683. The highest BCUT2D eigenvalue weighted by atomic mass is 32.1. The van der Waals surface area contributed by atoms with Gasteiger partial charge in [-0.25, -0.2) is 9.98 Å². The van der Waals surface area contributed by atoms with Gasteiger partial charge in [0.05, 0.1) is 17.2 Å². The number of guanidine groups is 1. The molecule has 1 heterocycles. The number of unbranched alkanes of at least 4 members (excludes halogenated alkanes) is 2. The first-order valence-electron chi connectivity index (χ1n) is 7.25. The van der Waals surface area contributed by atoms with E-state index in [2.05, 4.69) is 46.8 Å². The van der Waals surface area contributed by atoms with E-state index in [1.54, 1.807) is 11.3 Å². The van der Waals surface area contributed by atoms with Crippen molar-refractivity contribution >= 4 is 17.3 Å². The van der Waals surface area contributed by atoms with Crippen LogP contribution in [0.1, 0.15) is 50.7 Å². The fraction of sp³-hybridized carbons (Fsp3) is 0.714. The van der Waals surface area contributed by atoms with E-state index in [4.69, 9.17) is 0 Å². The van der Waals surface area contributed by atoms with Gasteiger partial charge >= 0.3 is 0 Å². The van der Waals surface area contributed by atoms with Gasteiger partial charge in [0, 0.05) is 18.5 Å². The van der Waals surface area contributed by atoms with Crippen molar-refractivity contribution in [1.82, 2.24) is 15.6 Å². The van der Waals surface area contributed by atoms with E-state index in [1.165, 1.54) is 24.3 Å². The monoisotopic (exact) mass is 282 g/mol. The molecule has 0 aliphatic carbocycles. The highest BCUT2D eigenvalue weighted by Crippen LogP contribution is 2.10. The fourth-order valence-corrected chi connectivity index (χ4v) is 2.40. The zero-order valence-corrected chi connectivity index (χ0v) is 13.1. The summed E-state index contributed by atoms with van der Waals surface area (Å²) in [4.78, 5) is 9.09. The molecule has 0 unspecified atom stereocenters. The van der Waals surface area contributed by atoms with Crippen molar-refractivity contribution < 1.29 is 0 Å². The summed E-state index contributed by atoms with van der Waals surface area (Å²) in [6, 6.07) is 0. The lowest BCUT2D eigenvalue weighted by Gasteiger charge is -2.10. The molecule has 0 atom stereocenters. The van der Waals surface area contributed by atoms with E-state index in [1.807, 2.05) is 0 Å².